The number of ether oxygens (including phenoxy) is 1. The molecule has 0 aliphatic heterocycles. The monoisotopic (exact) mass is 277 g/mol. The Labute approximate surface area is 117 Å². The van der Waals surface area contributed by atoms with E-state index in [4.69, 9.17) is 9.84 Å². The zero-order valence-electron chi connectivity index (χ0n) is 11.9. The first-order valence-electron chi connectivity index (χ1n) is 6.59. The summed E-state index contributed by atoms with van der Waals surface area (Å²) in [6.45, 7) is 5.40. The zero-order valence-corrected chi connectivity index (χ0v) is 11.9. The van der Waals surface area contributed by atoms with E-state index in [1.807, 2.05) is 12.1 Å². The van der Waals surface area contributed by atoms with Crippen molar-refractivity contribution in [2.24, 2.45) is 5.92 Å². The third-order valence-corrected chi connectivity index (χ3v) is 3.13. The fourth-order valence-electron chi connectivity index (χ4n) is 2.29. The number of hydrogen-bond acceptors (Lipinski definition) is 3. The van der Waals surface area contributed by atoms with Crippen molar-refractivity contribution in [1.82, 2.24) is 0 Å². The summed E-state index contributed by atoms with van der Waals surface area (Å²) in [7, 11) is 0. The Morgan fingerprint density at radius 1 is 1.25 bits per heavy atom. The number of rotatable bonds is 2. The topological polar surface area (TPSA) is 75.6 Å². The summed E-state index contributed by atoms with van der Waals surface area (Å²) < 4.78 is 5.18. The molecule has 1 aliphatic rings. The van der Waals surface area contributed by atoms with E-state index in [-0.39, 0.29) is 5.92 Å². The quantitative estimate of drug-likeness (QED) is 0.871. The number of carboxylic acid groups (broad SMARTS) is 1. The first-order valence-corrected chi connectivity index (χ1v) is 6.59. The summed E-state index contributed by atoms with van der Waals surface area (Å²) in [5.41, 5.74) is 2.09. The van der Waals surface area contributed by atoms with Crippen LogP contribution in [-0.2, 0) is 22.4 Å². The number of carbonyl (C=O) groups excluding carboxylic acids is 1. The van der Waals surface area contributed by atoms with Gasteiger partial charge >= 0.3 is 12.1 Å². The van der Waals surface area contributed by atoms with Gasteiger partial charge in [-0.1, -0.05) is 6.07 Å². The molecule has 1 amide bonds. The van der Waals surface area contributed by atoms with Crippen molar-refractivity contribution in [1.29, 1.82) is 0 Å². The zero-order chi connectivity index (χ0) is 14.9. The first kappa shape index (κ1) is 14.4. The lowest BCUT2D eigenvalue weighted by molar-refractivity contribution is -0.141. The number of anilines is 1. The molecule has 0 fully saturated rings. The Bertz CT molecular complexity index is 545. The van der Waals surface area contributed by atoms with Gasteiger partial charge in [0.15, 0.2) is 0 Å². The van der Waals surface area contributed by atoms with Crippen LogP contribution in [0.1, 0.15) is 31.9 Å². The van der Waals surface area contributed by atoms with Crippen LogP contribution in [0.3, 0.4) is 0 Å². The van der Waals surface area contributed by atoms with Crippen LogP contribution in [0.5, 0.6) is 0 Å². The molecule has 1 aromatic carbocycles. The number of benzene rings is 1. The Hall–Kier alpha value is -2.04. The van der Waals surface area contributed by atoms with Crippen LogP contribution in [0.15, 0.2) is 18.2 Å². The summed E-state index contributed by atoms with van der Waals surface area (Å²) in [6, 6.07) is 5.46. The molecule has 0 heterocycles. The molecule has 20 heavy (non-hydrogen) atoms. The van der Waals surface area contributed by atoms with Gasteiger partial charge in [-0.25, -0.2) is 4.79 Å². The molecule has 0 saturated heterocycles. The van der Waals surface area contributed by atoms with Crippen molar-refractivity contribution in [3.8, 4) is 0 Å². The molecule has 0 saturated carbocycles. The van der Waals surface area contributed by atoms with Gasteiger partial charge in [0.1, 0.15) is 5.60 Å². The van der Waals surface area contributed by atoms with Crippen LogP contribution >= 0.6 is 0 Å². The summed E-state index contributed by atoms with van der Waals surface area (Å²) in [6.07, 6.45) is 0.552. The molecule has 2 rings (SSSR count). The summed E-state index contributed by atoms with van der Waals surface area (Å²) in [5.74, 6) is -1.13. The molecule has 1 atom stereocenters. The van der Waals surface area contributed by atoms with Gasteiger partial charge in [-0.15, -0.1) is 0 Å². The van der Waals surface area contributed by atoms with Crippen LogP contribution < -0.4 is 5.32 Å². The van der Waals surface area contributed by atoms with Gasteiger partial charge in [-0.2, -0.15) is 0 Å². The predicted octanol–water partition coefficient (Wildman–Crippen LogP) is 2.83. The SMILES string of the molecule is CC(C)(C)OC(=O)Nc1ccc2c(c1)C[C@@H](C(=O)O)C2. The van der Waals surface area contributed by atoms with Gasteiger partial charge < -0.3 is 9.84 Å². The fourth-order valence-corrected chi connectivity index (χ4v) is 2.29. The van der Waals surface area contributed by atoms with Gasteiger partial charge in [0.25, 0.3) is 0 Å². The van der Waals surface area contributed by atoms with Crippen LogP contribution in [0.2, 0.25) is 0 Å². The number of amides is 1. The van der Waals surface area contributed by atoms with E-state index in [9.17, 15) is 9.59 Å². The highest BCUT2D eigenvalue weighted by Crippen LogP contribution is 2.29. The minimum absolute atomic E-state index is 0.359. The van der Waals surface area contributed by atoms with Gasteiger partial charge in [-0.05, 0) is 56.9 Å². The molecule has 1 aromatic rings. The minimum Gasteiger partial charge on any atom is -0.481 e. The molecule has 0 radical (unpaired) electrons. The van der Waals surface area contributed by atoms with Gasteiger partial charge in [-0.3, -0.25) is 10.1 Å². The van der Waals surface area contributed by atoms with Gasteiger partial charge in [0, 0.05) is 5.69 Å². The number of carbonyl (C=O) groups is 2. The van der Waals surface area contributed by atoms with Crippen LogP contribution in [0.4, 0.5) is 10.5 Å². The van der Waals surface area contributed by atoms with Crippen LogP contribution in [0.25, 0.3) is 0 Å². The largest absolute Gasteiger partial charge is 0.481 e. The number of carboxylic acids is 1. The highest BCUT2D eigenvalue weighted by atomic mass is 16.6. The van der Waals surface area contributed by atoms with Crippen molar-refractivity contribution >= 4 is 17.7 Å². The maximum Gasteiger partial charge on any atom is 0.412 e. The molecule has 2 N–H and O–H groups in total. The summed E-state index contributed by atoms with van der Waals surface area (Å²) in [4.78, 5) is 22.7. The lowest BCUT2D eigenvalue weighted by atomic mass is 10.1. The van der Waals surface area contributed by atoms with E-state index < -0.39 is 17.7 Å². The van der Waals surface area contributed by atoms with E-state index in [0.717, 1.165) is 11.1 Å². The average Bonchev–Trinajstić information content (AvgIpc) is 2.69. The van der Waals surface area contributed by atoms with E-state index in [2.05, 4.69) is 5.32 Å². The predicted molar refractivity (Wildman–Crippen MR) is 74.8 cm³/mol. The molecule has 5 heteroatoms. The van der Waals surface area contributed by atoms with Crippen molar-refractivity contribution < 1.29 is 19.4 Å². The molecule has 108 valence electrons. The standard InChI is InChI=1S/C15H19NO4/c1-15(2,3)20-14(19)16-12-5-4-9-6-11(13(17)18)7-10(9)8-12/h4-5,8,11H,6-7H2,1-3H3,(H,16,19)(H,17,18)/t11-/m0/s1. The molecule has 0 aromatic heterocycles. The molecule has 0 bridgehead atoms. The molecule has 0 unspecified atom stereocenters. The van der Waals surface area contributed by atoms with Crippen molar-refractivity contribution in [2.45, 2.75) is 39.2 Å². The lowest BCUT2D eigenvalue weighted by Gasteiger charge is -2.19. The van der Waals surface area contributed by atoms with Crippen LogP contribution in [0, 0.1) is 5.92 Å². The fraction of sp³-hybridized carbons (Fsp3) is 0.467. The van der Waals surface area contributed by atoms with E-state index >= 15 is 0 Å². The molecular weight excluding hydrogens is 258 g/mol. The Kier molecular flexibility index (Phi) is 3.70. The van der Waals surface area contributed by atoms with Gasteiger partial charge in [0.05, 0.1) is 5.92 Å². The number of aliphatic carboxylic acids is 1. The number of hydrogen-bond donors (Lipinski definition) is 2. The minimum atomic E-state index is -0.775. The second-order valence-corrected chi connectivity index (χ2v) is 6.05. The van der Waals surface area contributed by atoms with Gasteiger partial charge in [0.2, 0.25) is 0 Å². The second-order valence-electron chi connectivity index (χ2n) is 6.05. The molecular formula is C15H19NO4. The smallest absolute Gasteiger partial charge is 0.412 e. The normalized spacial score (nSPS) is 17.4. The molecule has 1 aliphatic carbocycles. The lowest BCUT2D eigenvalue weighted by Crippen LogP contribution is -2.27. The number of nitrogens with one attached hydrogen (secondary N) is 1. The first-order chi connectivity index (χ1) is 9.24. The van der Waals surface area contributed by atoms with E-state index in [1.165, 1.54) is 0 Å². The summed E-state index contributed by atoms with van der Waals surface area (Å²) >= 11 is 0. The third-order valence-electron chi connectivity index (χ3n) is 3.13. The molecule has 5 nitrogen and oxygen atoms in total. The van der Waals surface area contributed by atoms with Crippen molar-refractivity contribution in [2.75, 3.05) is 5.32 Å². The number of fused-ring (bicyclic) bond motifs is 1. The third kappa shape index (κ3) is 3.50. The maximum atomic E-state index is 11.7. The van der Waals surface area contributed by atoms with Crippen LogP contribution in [-0.4, -0.2) is 22.8 Å². The van der Waals surface area contributed by atoms with Crippen molar-refractivity contribution in [3.63, 3.8) is 0 Å². The Morgan fingerprint density at radius 3 is 2.50 bits per heavy atom. The second kappa shape index (κ2) is 5.15. The van der Waals surface area contributed by atoms with E-state index in [1.54, 1.807) is 26.8 Å². The highest BCUT2D eigenvalue weighted by Gasteiger charge is 2.27. The average molecular weight is 277 g/mol. The Balaban J connectivity index is 2.05. The highest BCUT2D eigenvalue weighted by molar-refractivity contribution is 5.85. The summed E-state index contributed by atoms with van der Waals surface area (Å²) in [5, 5.41) is 11.7. The van der Waals surface area contributed by atoms with E-state index in [0.29, 0.717) is 18.5 Å². The maximum absolute atomic E-state index is 11.7. The Morgan fingerprint density at radius 2 is 1.90 bits per heavy atom. The molecule has 0 spiro atoms. The van der Waals surface area contributed by atoms with Crippen molar-refractivity contribution in [3.05, 3.63) is 29.3 Å².